The third-order valence-corrected chi connectivity index (χ3v) is 2.05. The first-order chi connectivity index (χ1) is 7.37. The van der Waals surface area contributed by atoms with Gasteiger partial charge in [-0.05, 0) is 26.3 Å². The van der Waals surface area contributed by atoms with Gasteiger partial charge in [-0.15, -0.1) is 0 Å². The van der Waals surface area contributed by atoms with E-state index in [1.165, 1.54) is 0 Å². The van der Waals surface area contributed by atoms with Gasteiger partial charge < -0.3 is 10.1 Å². The monoisotopic (exact) mass is 239 g/mol. The van der Waals surface area contributed by atoms with E-state index >= 15 is 0 Å². The normalized spacial score (nSPS) is 13.8. The van der Waals surface area contributed by atoms with Crippen molar-refractivity contribution in [3.63, 3.8) is 0 Å². The second-order valence-corrected chi connectivity index (χ2v) is 3.81. The second kappa shape index (κ2) is 7.68. The van der Waals surface area contributed by atoms with Gasteiger partial charge in [-0.2, -0.15) is 13.2 Å². The Morgan fingerprint density at radius 2 is 2.06 bits per heavy atom. The van der Waals surface area contributed by atoms with Crippen LogP contribution in [-0.4, -0.2) is 32.0 Å². The quantitative estimate of drug-likeness (QED) is 0.519. The molecule has 2 nitrogen and oxygen atoms in total. The van der Waals surface area contributed by atoms with Gasteiger partial charge in [0.15, 0.2) is 0 Å². The SMILES string of the molecule is C=C(C)C(CCOCC(F)(F)F)NCCC. The Labute approximate surface area is 94.9 Å². The van der Waals surface area contributed by atoms with E-state index in [1.54, 1.807) is 0 Å². The molecule has 96 valence electrons. The molecule has 0 rings (SSSR count). The van der Waals surface area contributed by atoms with Crippen molar-refractivity contribution in [3.05, 3.63) is 12.2 Å². The highest BCUT2D eigenvalue weighted by Crippen LogP contribution is 2.14. The average Bonchev–Trinajstić information content (AvgIpc) is 2.14. The summed E-state index contributed by atoms with van der Waals surface area (Å²) >= 11 is 0. The molecule has 1 unspecified atom stereocenters. The van der Waals surface area contributed by atoms with Crippen molar-refractivity contribution < 1.29 is 17.9 Å². The summed E-state index contributed by atoms with van der Waals surface area (Å²) in [5.41, 5.74) is 0.920. The Morgan fingerprint density at radius 1 is 1.44 bits per heavy atom. The third-order valence-electron chi connectivity index (χ3n) is 2.05. The third kappa shape index (κ3) is 8.73. The molecule has 1 N–H and O–H groups in total. The summed E-state index contributed by atoms with van der Waals surface area (Å²) in [5, 5.41) is 3.21. The fraction of sp³-hybridized carbons (Fsp3) is 0.818. The van der Waals surface area contributed by atoms with Crippen LogP contribution in [0, 0.1) is 0 Å². The molecule has 0 saturated carbocycles. The number of hydrogen-bond acceptors (Lipinski definition) is 2. The first-order valence-corrected chi connectivity index (χ1v) is 5.40. The maximum absolute atomic E-state index is 11.8. The van der Waals surface area contributed by atoms with Gasteiger partial charge in [0.1, 0.15) is 6.61 Å². The van der Waals surface area contributed by atoms with Crippen LogP contribution in [0.2, 0.25) is 0 Å². The summed E-state index contributed by atoms with van der Waals surface area (Å²) < 4.78 is 39.9. The van der Waals surface area contributed by atoms with E-state index < -0.39 is 12.8 Å². The molecule has 0 amide bonds. The molecule has 0 aromatic rings. The predicted octanol–water partition coefficient (Wildman–Crippen LogP) is 2.90. The molecule has 0 radical (unpaired) electrons. The van der Waals surface area contributed by atoms with Crippen LogP contribution < -0.4 is 5.32 Å². The van der Waals surface area contributed by atoms with Crippen molar-refractivity contribution >= 4 is 0 Å². The highest BCUT2D eigenvalue weighted by atomic mass is 19.4. The molecule has 5 heteroatoms. The van der Waals surface area contributed by atoms with Crippen molar-refractivity contribution in [2.24, 2.45) is 0 Å². The van der Waals surface area contributed by atoms with E-state index in [4.69, 9.17) is 0 Å². The highest BCUT2D eigenvalue weighted by Gasteiger charge is 2.27. The van der Waals surface area contributed by atoms with E-state index in [-0.39, 0.29) is 12.6 Å². The molecule has 16 heavy (non-hydrogen) atoms. The van der Waals surface area contributed by atoms with Gasteiger partial charge in [-0.1, -0.05) is 19.1 Å². The maximum Gasteiger partial charge on any atom is 0.411 e. The topological polar surface area (TPSA) is 21.3 Å². The molecule has 0 saturated heterocycles. The zero-order valence-electron chi connectivity index (χ0n) is 9.86. The molecule has 0 spiro atoms. The lowest BCUT2D eigenvalue weighted by Gasteiger charge is -2.18. The number of alkyl halides is 3. The Bertz CT molecular complexity index is 204. The minimum Gasteiger partial charge on any atom is -0.372 e. The van der Waals surface area contributed by atoms with Gasteiger partial charge >= 0.3 is 6.18 Å². The molecular formula is C11H20F3NO. The number of rotatable bonds is 8. The van der Waals surface area contributed by atoms with Gasteiger partial charge in [0.2, 0.25) is 0 Å². The molecular weight excluding hydrogens is 219 g/mol. The van der Waals surface area contributed by atoms with E-state index in [2.05, 4.69) is 16.6 Å². The number of ether oxygens (including phenoxy) is 1. The molecule has 0 heterocycles. The molecule has 0 aromatic heterocycles. The van der Waals surface area contributed by atoms with E-state index in [0.29, 0.717) is 6.42 Å². The van der Waals surface area contributed by atoms with Gasteiger partial charge in [0, 0.05) is 12.6 Å². The first kappa shape index (κ1) is 15.4. The Hall–Kier alpha value is -0.550. The molecule has 0 aliphatic rings. The number of halogens is 3. The lowest BCUT2D eigenvalue weighted by molar-refractivity contribution is -0.174. The fourth-order valence-corrected chi connectivity index (χ4v) is 1.23. The Balaban J connectivity index is 3.72. The summed E-state index contributed by atoms with van der Waals surface area (Å²) in [6, 6.07) is 0.0354. The molecule has 0 aliphatic heterocycles. The molecule has 0 fully saturated rings. The number of nitrogens with one attached hydrogen (secondary N) is 1. The Morgan fingerprint density at radius 3 is 2.50 bits per heavy atom. The lowest BCUT2D eigenvalue weighted by Crippen LogP contribution is -2.32. The summed E-state index contributed by atoms with van der Waals surface area (Å²) in [5.74, 6) is 0. The molecule has 1 atom stereocenters. The zero-order valence-corrected chi connectivity index (χ0v) is 9.86. The second-order valence-electron chi connectivity index (χ2n) is 3.81. The van der Waals surface area contributed by atoms with Crippen molar-refractivity contribution in [2.75, 3.05) is 19.8 Å². The van der Waals surface area contributed by atoms with E-state index in [1.807, 2.05) is 13.8 Å². The van der Waals surface area contributed by atoms with E-state index in [0.717, 1.165) is 18.5 Å². The van der Waals surface area contributed by atoms with Gasteiger partial charge in [0.25, 0.3) is 0 Å². The summed E-state index contributed by atoms with van der Waals surface area (Å²) in [7, 11) is 0. The van der Waals surface area contributed by atoms with E-state index in [9.17, 15) is 13.2 Å². The minimum absolute atomic E-state index is 0.0354. The molecule has 0 aliphatic carbocycles. The summed E-state index contributed by atoms with van der Waals surface area (Å²) in [4.78, 5) is 0. The van der Waals surface area contributed by atoms with Crippen LogP contribution in [0.4, 0.5) is 13.2 Å². The van der Waals surface area contributed by atoms with Crippen LogP contribution in [0.25, 0.3) is 0 Å². The number of hydrogen-bond donors (Lipinski definition) is 1. The van der Waals surface area contributed by atoms with Crippen molar-refractivity contribution in [2.45, 2.75) is 38.9 Å². The van der Waals surface area contributed by atoms with Gasteiger partial charge in [-0.25, -0.2) is 0 Å². The van der Waals surface area contributed by atoms with Crippen LogP contribution in [-0.2, 0) is 4.74 Å². The van der Waals surface area contributed by atoms with Crippen molar-refractivity contribution in [3.8, 4) is 0 Å². The van der Waals surface area contributed by atoms with Crippen LogP contribution in [0.15, 0.2) is 12.2 Å². The lowest BCUT2D eigenvalue weighted by atomic mass is 10.1. The van der Waals surface area contributed by atoms with Gasteiger partial charge in [0.05, 0.1) is 0 Å². The fourth-order valence-electron chi connectivity index (χ4n) is 1.23. The zero-order chi connectivity index (χ0) is 12.6. The predicted molar refractivity (Wildman–Crippen MR) is 58.4 cm³/mol. The van der Waals surface area contributed by atoms with Crippen molar-refractivity contribution in [1.82, 2.24) is 5.32 Å². The van der Waals surface area contributed by atoms with Crippen molar-refractivity contribution in [1.29, 1.82) is 0 Å². The highest BCUT2D eigenvalue weighted by molar-refractivity contribution is 5.01. The molecule has 0 bridgehead atoms. The van der Waals surface area contributed by atoms with Crippen LogP contribution in [0.1, 0.15) is 26.7 Å². The maximum atomic E-state index is 11.8. The van der Waals surface area contributed by atoms with Crippen LogP contribution >= 0.6 is 0 Å². The van der Waals surface area contributed by atoms with Crippen LogP contribution in [0.5, 0.6) is 0 Å². The summed E-state index contributed by atoms with van der Waals surface area (Å²) in [6.45, 7) is 7.43. The largest absolute Gasteiger partial charge is 0.411 e. The first-order valence-electron chi connectivity index (χ1n) is 5.40. The minimum atomic E-state index is -4.24. The smallest absolute Gasteiger partial charge is 0.372 e. The van der Waals surface area contributed by atoms with Crippen LogP contribution in [0.3, 0.4) is 0 Å². The standard InChI is InChI=1S/C11H20F3NO/c1-4-6-15-10(9(2)3)5-7-16-8-11(12,13)14/h10,15H,2,4-8H2,1,3H3. The summed E-state index contributed by atoms with van der Waals surface area (Å²) in [6.07, 6.45) is -2.74. The Kier molecular flexibility index (Phi) is 7.42. The average molecular weight is 239 g/mol. The molecule has 0 aromatic carbocycles. The van der Waals surface area contributed by atoms with Gasteiger partial charge in [-0.3, -0.25) is 0 Å².